The number of hydrogen-bond acceptors (Lipinski definition) is 4. The van der Waals surface area contributed by atoms with Gasteiger partial charge in [0, 0.05) is 19.5 Å². The molecule has 0 atom stereocenters. The lowest BCUT2D eigenvalue weighted by molar-refractivity contribution is -0.127. The molecule has 7 heteroatoms. The number of benzene rings is 1. The summed E-state index contributed by atoms with van der Waals surface area (Å²) in [6.07, 6.45) is 0. The van der Waals surface area contributed by atoms with Crippen LogP contribution in [0.4, 0.5) is 0 Å². The Morgan fingerprint density at radius 2 is 1.96 bits per heavy atom. The zero-order chi connectivity index (χ0) is 17.3. The van der Waals surface area contributed by atoms with E-state index in [2.05, 4.69) is 10.4 Å². The summed E-state index contributed by atoms with van der Waals surface area (Å²) in [6, 6.07) is 11.6. The monoisotopic (exact) mass is 342 g/mol. The van der Waals surface area contributed by atoms with E-state index in [1.54, 1.807) is 14.1 Å². The van der Waals surface area contributed by atoms with Gasteiger partial charge in [0.25, 0.3) is 5.91 Å². The highest BCUT2D eigenvalue weighted by Crippen LogP contribution is 2.30. The molecular formula is C17H18N4O2S. The SMILES string of the molecule is Cc1nn(-c2ccccc2)c2sc(C(=O)NCC(=O)N(C)C)cc12. The Labute approximate surface area is 143 Å². The lowest BCUT2D eigenvalue weighted by atomic mass is 10.3. The van der Waals surface area contributed by atoms with E-state index in [1.165, 1.54) is 16.2 Å². The lowest BCUT2D eigenvalue weighted by Crippen LogP contribution is -2.35. The first-order valence-electron chi connectivity index (χ1n) is 7.50. The Morgan fingerprint density at radius 3 is 2.62 bits per heavy atom. The Balaban J connectivity index is 1.89. The zero-order valence-electron chi connectivity index (χ0n) is 13.7. The average Bonchev–Trinajstić information content (AvgIpc) is 3.14. The molecule has 2 amide bonds. The van der Waals surface area contributed by atoms with Crippen LogP contribution in [0.25, 0.3) is 15.9 Å². The number of carbonyl (C=O) groups is 2. The standard InChI is InChI=1S/C17H18N4O2S/c1-11-13-9-14(16(23)18-10-15(22)20(2)3)24-17(13)21(19-11)12-7-5-4-6-8-12/h4-9H,10H2,1-3H3,(H,18,23). The van der Waals surface area contributed by atoms with Gasteiger partial charge in [0.2, 0.25) is 5.91 Å². The second-order valence-corrected chi connectivity index (χ2v) is 6.66. The molecule has 2 aromatic heterocycles. The van der Waals surface area contributed by atoms with Crippen molar-refractivity contribution in [2.45, 2.75) is 6.92 Å². The van der Waals surface area contributed by atoms with Crippen molar-refractivity contribution in [3.8, 4) is 5.69 Å². The molecule has 0 aliphatic heterocycles. The number of aromatic nitrogens is 2. The number of carbonyl (C=O) groups excluding carboxylic acids is 2. The zero-order valence-corrected chi connectivity index (χ0v) is 14.6. The number of rotatable bonds is 4. The largest absolute Gasteiger partial charge is 0.347 e. The molecule has 0 fully saturated rings. The number of nitrogens with one attached hydrogen (secondary N) is 1. The molecule has 3 rings (SSSR count). The number of nitrogens with zero attached hydrogens (tertiary/aromatic N) is 3. The molecule has 0 unspecified atom stereocenters. The highest BCUT2D eigenvalue weighted by molar-refractivity contribution is 7.20. The van der Waals surface area contributed by atoms with Crippen molar-refractivity contribution < 1.29 is 9.59 Å². The second kappa shape index (κ2) is 6.45. The van der Waals surface area contributed by atoms with Crippen molar-refractivity contribution >= 4 is 33.4 Å². The van der Waals surface area contributed by atoms with Gasteiger partial charge in [-0.2, -0.15) is 5.10 Å². The van der Waals surface area contributed by atoms with Gasteiger partial charge < -0.3 is 10.2 Å². The maximum absolute atomic E-state index is 12.3. The van der Waals surface area contributed by atoms with E-state index >= 15 is 0 Å². The lowest BCUT2D eigenvalue weighted by Gasteiger charge is -2.10. The van der Waals surface area contributed by atoms with Gasteiger partial charge in [-0.15, -0.1) is 11.3 Å². The van der Waals surface area contributed by atoms with Crippen LogP contribution >= 0.6 is 11.3 Å². The summed E-state index contributed by atoms with van der Waals surface area (Å²) in [5.41, 5.74) is 1.82. The van der Waals surface area contributed by atoms with Crippen LogP contribution in [0.3, 0.4) is 0 Å². The molecule has 0 spiro atoms. The van der Waals surface area contributed by atoms with Crippen molar-refractivity contribution in [1.82, 2.24) is 20.0 Å². The highest BCUT2D eigenvalue weighted by atomic mass is 32.1. The van der Waals surface area contributed by atoms with Crippen LogP contribution in [0, 0.1) is 6.92 Å². The van der Waals surface area contributed by atoms with E-state index in [-0.39, 0.29) is 18.4 Å². The minimum absolute atomic E-state index is 0.0100. The van der Waals surface area contributed by atoms with Crippen molar-refractivity contribution in [3.05, 3.63) is 47.0 Å². The number of likely N-dealkylation sites (N-methyl/N-ethyl adjacent to an activating group) is 1. The smallest absolute Gasteiger partial charge is 0.261 e. The van der Waals surface area contributed by atoms with Crippen molar-refractivity contribution in [2.75, 3.05) is 20.6 Å². The van der Waals surface area contributed by atoms with Crippen LogP contribution in [0.5, 0.6) is 0 Å². The van der Waals surface area contributed by atoms with E-state index in [0.29, 0.717) is 4.88 Å². The molecule has 6 nitrogen and oxygen atoms in total. The van der Waals surface area contributed by atoms with Gasteiger partial charge >= 0.3 is 0 Å². The predicted octanol–water partition coefficient (Wildman–Crippen LogP) is 2.21. The number of amides is 2. The molecular weight excluding hydrogens is 324 g/mol. The molecule has 3 aromatic rings. The molecule has 2 heterocycles. The van der Waals surface area contributed by atoms with Gasteiger partial charge in [0.15, 0.2) is 0 Å². The fourth-order valence-electron chi connectivity index (χ4n) is 2.30. The van der Waals surface area contributed by atoms with Gasteiger partial charge in [-0.25, -0.2) is 4.68 Å². The maximum atomic E-state index is 12.3. The van der Waals surface area contributed by atoms with Crippen LogP contribution in [-0.4, -0.2) is 47.1 Å². The summed E-state index contributed by atoms with van der Waals surface area (Å²) < 4.78 is 1.84. The Bertz CT molecular complexity index is 896. The first-order chi connectivity index (χ1) is 11.5. The van der Waals surface area contributed by atoms with E-state index < -0.39 is 0 Å². The van der Waals surface area contributed by atoms with E-state index in [9.17, 15) is 9.59 Å². The van der Waals surface area contributed by atoms with Gasteiger partial charge in [-0.05, 0) is 25.1 Å². The molecule has 24 heavy (non-hydrogen) atoms. The molecule has 124 valence electrons. The number of para-hydroxylation sites is 1. The molecule has 0 radical (unpaired) electrons. The van der Waals surface area contributed by atoms with E-state index in [0.717, 1.165) is 21.6 Å². The van der Waals surface area contributed by atoms with Crippen molar-refractivity contribution in [1.29, 1.82) is 0 Å². The minimum Gasteiger partial charge on any atom is -0.347 e. The highest BCUT2D eigenvalue weighted by Gasteiger charge is 2.17. The maximum Gasteiger partial charge on any atom is 0.261 e. The average molecular weight is 342 g/mol. The number of aryl methyl sites for hydroxylation is 1. The Kier molecular flexibility index (Phi) is 4.35. The third-order valence-electron chi connectivity index (χ3n) is 3.67. The topological polar surface area (TPSA) is 67.2 Å². The van der Waals surface area contributed by atoms with Crippen LogP contribution in [0.2, 0.25) is 0 Å². The summed E-state index contributed by atoms with van der Waals surface area (Å²) >= 11 is 1.37. The van der Waals surface area contributed by atoms with Crippen LogP contribution in [0.1, 0.15) is 15.4 Å². The third kappa shape index (κ3) is 3.03. The number of hydrogen-bond donors (Lipinski definition) is 1. The van der Waals surface area contributed by atoms with Crippen LogP contribution < -0.4 is 5.32 Å². The summed E-state index contributed by atoms with van der Waals surface area (Å²) in [4.78, 5) is 26.8. The summed E-state index contributed by atoms with van der Waals surface area (Å²) in [6.45, 7) is 1.91. The van der Waals surface area contributed by atoms with Gasteiger partial charge in [-0.3, -0.25) is 9.59 Å². The first-order valence-corrected chi connectivity index (χ1v) is 8.32. The van der Waals surface area contributed by atoms with Crippen LogP contribution in [-0.2, 0) is 4.79 Å². The second-order valence-electron chi connectivity index (χ2n) is 5.63. The minimum atomic E-state index is -0.245. The molecule has 0 saturated carbocycles. The molecule has 0 saturated heterocycles. The van der Waals surface area contributed by atoms with Crippen molar-refractivity contribution in [3.63, 3.8) is 0 Å². The van der Waals surface area contributed by atoms with Gasteiger partial charge in [-0.1, -0.05) is 18.2 Å². The van der Waals surface area contributed by atoms with Gasteiger partial charge in [0.05, 0.1) is 22.8 Å². The molecule has 0 aliphatic carbocycles. The Morgan fingerprint density at radius 1 is 1.25 bits per heavy atom. The van der Waals surface area contributed by atoms with E-state index in [4.69, 9.17) is 0 Å². The molecule has 1 N–H and O–H groups in total. The summed E-state index contributed by atoms with van der Waals surface area (Å²) in [5.74, 6) is -0.387. The predicted molar refractivity (Wildman–Crippen MR) is 94.7 cm³/mol. The normalized spacial score (nSPS) is 10.8. The molecule has 0 bridgehead atoms. The fraction of sp³-hybridized carbons (Fsp3) is 0.235. The van der Waals surface area contributed by atoms with E-state index in [1.807, 2.05) is 48.0 Å². The summed E-state index contributed by atoms with van der Waals surface area (Å²) in [5, 5.41) is 8.16. The molecule has 1 aromatic carbocycles. The quantitative estimate of drug-likeness (QED) is 0.790. The van der Waals surface area contributed by atoms with Gasteiger partial charge in [0.1, 0.15) is 4.83 Å². The molecule has 0 aliphatic rings. The van der Waals surface area contributed by atoms with Crippen molar-refractivity contribution in [2.24, 2.45) is 0 Å². The summed E-state index contributed by atoms with van der Waals surface area (Å²) in [7, 11) is 3.32. The first kappa shape index (κ1) is 16.2. The fourth-order valence-corrected chi connectivity index (χ4v) is 3.40. The Hall–Kier alpha value is -2.67. The third-order valence-corrected chi connectivity index (χ3v) is 4.78. The number of fused-ring (bicyclic) bond motifs is 1. The number of thiophene rings is 1. The van der Waals surface area contributed by atoms with Crippen LogP contribution in [0.15, 0.2) is 36.4 Å².